The van der Waals surface area contributed by atoms with Crippen molar-refractivity contribution in [3.63, 3.8) is 0 Å². The van der Waals surface area contributed by atoms with Gasteiger partial charge in [-0.2, -0.15) is 0 Å². The summed E-state index contributed by atoms with van der Waals surface area (Å²) in [4.78, 5) is 0. The van der Waals surface area contributed by atoms with E-state index in [4.69, 9.17) is 16.0 Å². The minimum absolute atomic E-state index is 0. The second kappa shape index (κ2) is 6.78. The lowest BCUT2D eigenvalue weighted by Gasteiger charge is -2.00. The summed E-state index contributed by atoms with van der Waals surface area (Å²) in [5.41, 5.74) is 0.777. The number of halogens is 3. The van der Waals surface area contributed by atoms with Gasteiger partial charge in [0.1, 0.15) is 17.3 Å². The molecule has 2 rings (SSSR count). The molecule has 18 heavy (non-hydrogen) atoms. The largest absolute Gasteiger partial charge is 1.00 e. The van der Waals surface area contributed by atoms with E-state index in [1.807, 2.05) is 19.1 Å². The standard InChI is InChI=1S/C13H13ClFNO.ClH/c1-2-16-8-10-4-6-13(17-10)9-3-5-12(15)11(14)7-9;/h3-7,16H,2,8H2,1H3;1H/p-1. The van der Waals surface area contributed by atoms with Gasteiger partial charge in [-0.05, 0) is 36.9 Å². The molecule has 2 aromatic rings. The van der Waals surface area contributed by atoms with Crippen molar-refractivity contribution in [1.82, 2.24) is 5.32 Å². The van der Waals surface area contributed by atoms with Crippen molar-refractivity contribution < 1.29 is 21.2 Å². The van der Waals surface area contributed by atoms with Gasteiger partial charge in [0, 0.05) is 5.56 Å². The number of hydrogen-bond donors (Lipinski definition) is 1. The monoisotopic (exact) mass is 288 g/mol. The second-order valence-corrected chi connectivity index (χ2v) is 4.08. The fourth-order valence-corrected chi connectivity index (χ4v) is 1.71. The molecule has 98 valence electrons. The molecule has 1 heterocycles. The van der Waals surface area contributed by atoms with Crippen LogP contribution in [0, 0.1) is 5.82 Å². The Morgan fingerprint density at radius 1 is 1.28 bits per heavy atom. The summed E-state index contributed by atoms with van der Waals surface area (Å²) < 4.78 is 18.6. The first kappa shape index (κ1) is 15.0. The van der Waals surface area contributed by atoms with Gasteiger partial charge in [-0.1, -0.05) is 18.5 Å². The zero-order valence-corrected chi connectivity index (χ0v) is 11.4. The molecule has 0 fully saturated rings. The van der Waals surface area contributed by atoms with Crippen molar-refractivity contribution in [3.05, 3.63) is 46.9 Å². The normalized spacial score (nSPS) is 10.2. The second-order valence-electron chi connectivity index (χ2n) is 3.68. The summed E-state index contributed by atoms with van der Waals surface area (Å²) in [7, 11) is 0. The van der Waals surface area contributed by atoms with E-state index in [-0.39, 0.29) is 17.4 Å². The Balaban J connectivity index is 0.00000162. The lowest BCUT2D eigenvalue weighted by molar-refractivity contribution is -0.00000457. The number of furan rings is 1. The van der Waals surface area contributed by atoms with Crippen molar-refractivity contribution in [2.24, 2.45) is 0 Å². The Bertz CT molecular complexity index is 513. The fourth-order valence-electron chi connectivity index (χ4n) is 1.53. The summed E-state index contributed by atoms with van der Waals surface area (Å²) in [5, 5.41) is 3.27. The van der Waals surface area contributed by atoms with E-state index in [1.165, 1.54) is 6.07 Å². The summed E-state index contributed by atoms with van der Waals surface area (Å²) in [6, 6.07) is 8.31. The molecule has 0 aliphatic rings. The van der Waals surface area contributed by atoms with Crippen LogP contribution in [0.15, 0.2) is 34.7 Å². The van der Waals surface area contributed by atoms with Crippen LogP contribution in [0.25, 0.3) is 11.3 Å². The summed E-state index contributed by atoms with van der Waals surface area (Å²) in [6.07, 6.45) is 0. The number of nitrogens with one attached hydrogen (secondary N) is 1. The number of benzene rings is 1. The highest BCUT2D eigenvalue weighted by molar-refractivity contribution is 6.31. The minimum atomic E-state index is -0.421. The van der Waals surface area contributed by atoms with Crippen LogP contribution in [0.3, 0.4) is 0 Å². The summed E-state index contributed by atoms with van der Waals surface area (Å²) in [5.74, 6) is 1.12. The van der Waals surface area contributed by atoms with Gasteiger partial charge in [-0.15, -0.1) is 0 Å². The summed E-state index contributed by atoms with van der Waals surface area (Å²) in [6.45, 7) is 3.60. The van der Waals surface area contributed by atoms with Crippen molar-refractivity contribution in [2.75, 3.05) is 6.54 Å². The smallest absolute Gasteiger partial charge is 0.141 e. The molecule has 0 saturated carbocycles. The molecule has 0 unspecified atom stereocenters. The first-order valence-electron chi connectivity index (χ1n) is 5.45. The highest BCUT2D eigenvalue weighted by Crippen LogP contribution is 2.26. The van der Waals surface area contributed by atoms with E-state index >= 15 is 0 Å². The maximum atomic E-state index is 13.0. The first-order chi connectivity index (χ1) is 8.20. The van der Waals surface area contributed by atoms with Gasteiger partial charge >= 0.3 is 0 Å². The Labute approximate surface area is 117 Å². The molecule has 0 spiro atoms. The summed E-state index contributed by atoms with van der Waals surface area (Å²) >= 11 is 5.73. The predicted octanol–water partition coefficient (Wildman–Crippen LogP) is 0.853. The van der Waals surface area contributed by atoms with E-state index < -0.39 is 5.82 Å². The highest BCUT2D eigenvalue weighted by atomic mass is 35.5. The molecule has 2 nitrogen and oxygen atoms in total. The Morgan fingerprint density at radius 2 is 2.06 bits per heavy atom. The van der Waals surface area contributed by atoms with E-state index in [0.717, 1.165) is 17.9 Å². The lowest BCUT2D eigenvalue weighted by atomic mass is 10.2. The third-order valence-corrected chi connectivity index (χ3v) is 2.70. The zero-order valence-electron chi connectivity index (χ0n) is 9.84. The Morgan fingerprint density at radius 3 is 2.72 bits per heavy atom. The van der Waals surface area contributed by atoms with Crippen LogP contribution in [0.5, 0.6) is 0 Å². The van der Waals surface area contributed by atoms with Gasteiger partial charge in [-0.25, -0.2) is 4.39 Å². The quantitative estimate of drug-likeness (QED) is 0.903. The molecule has 0 atom stereocenters. The van der Waals surface area contributed by atoms with Gasteiger partial charge < -0.3 is 22.1 Å². The molecular weight excluding hydrogens is 276 g/mol. The van der Waals surface area contributed by atoms with Crippen LogP contribution >= 0.6 is 11.6 Å². The van der Waals surface area contributed by atoms with Crippen LogP contribution in [0.4, 0.5) is 4.39 Å². The maximum Gasteiger partial charge on any atom is 0.141 e. The van der Waals surface area contributed by atoms with E-state index in [9.17, 15) is 4.39 Å². The Hall–Kier alpha value is -1.03. The molecule has 0 bridgehead atoms. The maximum absolute atomic E-state index is 13.0. The number of rotatable bonds is 4. The minimum Gasteiger partial charge on any atom is -1.00 e. The SMILES string of the molecule is CCNCc1ccc(-c2ccc(F)c(Cl)c2)o1.[Cl-]. The average molecular weight is 289 g/mol. The molecule has 1 aromatic heterocycles. The third-order valence-electron chi connectivity index (χ3n) is 2.42. The molecule has 0 aliphatic heterocycles. The molecule has 1 aromatic carbocycles. The highest BCUT2D eigenvalue weighted by Gasteiger charge is 2.07. The van der Waals surface area contributed by atoms with Crippen LogP contribution in [-0.4, -0.2) is 6.54 Å². The molecule has 0 aliphatic carbocycles. The van der Waals surface area contributed by atoms with Gasteiger partial charge in [0.25, 0.3) is 0 Å². The molecular formula is C13H13Cl2FNO-. The van der Waals surface area contributed by atoms with E-state index in [0.29, 0.717) is 12.3 Å². The van der Waals surface area contributed by atoms with Crippen LogP contribution in [0.2, 0.25) is 5.02 Å². The van der Waals surface area contributed by atoms with Gasteiger partial charge in [-0.3, -0.25) is 0 Å². The van der Waals surface area contributed by atoms with E-state index in [2.05, 4.69) is 5.32 Å². The lowest BCUT2D eigenvalue weighted by Crippen LogP contribution is -3.00. The molecule has 0 amide bonds. The van der Waals surface area contributed by atoms with E-state index in [1.54, 1.807) is 12.1 Å². The molecule has 5 heteroatoms. The number of hydrogen-bond acceptors (Lipinski definition) is 2. The van der Waals surface area contributed by atoms with Crippen molar-refractivity contribution in [2.45, 2.75) is 13.5 Å². The molecule has 1 N–H and O–H groups in total. The van der Waals surface area contributed by atoms with Crippen LogP contribution in [-0.2, 0) is 6.54 Å². The third kappa shape index (κ3) is 3.48. The average Bonchev–Trinajstić information content (AvgIpc) is 2.79. The van der Waals surface area contributed by atoms with Crippen molar-refractivity contribution >= 4 is 11.6 Å². The Kier molecular flexibility index (Phi) is 5.66. The fraction of sp³-hybridized carbons (Fsp3) is 0.231. The first-order valence-corrected chi connectivity index (χ1v) is 5.83. The van der Waals surface area contributed by atoms with Gasteiger partial charge in [0.05, 0.1) is 11.6 Å². The topological polar surface area (TPSA) is 25.2 Å². The van der Waals surface area contributed by atoms with Gasteiger partial charge in [0.2, 0.25) is 0 Å². The van der Waals surface area contributed by atoms with Gasteiger partial charge in [0.15, 0.2) is 0 Å². The van der Waals surface area contributed by atoms with Crippen LogP contribution < -0.4 is 17.7 Å². The molecule has 0 radical (unpaired) electrons. The zero-order chi connectivity index (χ0) is 12.3. The molecule has 0 saturated heterocycles. The predicted molar refractivity (Wildman–Crippen MR) is 66.5 cm³/mol. The van der Waals surface area contributed by atoms with Crippen LogP contribution in [0.1, 0.15) is 12.7 Å². The van der Waals surface area contributed by atoms with Crippen molar-refractivity contribution in [3.8, 4) is 11.3 Å². The van der Waals surface area contributed by atoms with Crippen molar-refractivity contribution in [1.29, 1.82) is 0 Å².